The van der Waals surface area contributed by atoms with Crippen LogP contribution in [-0.2, 0) is 6.42 Å². The third-order valence-corrected chi connectivity index (χ3v) is 2.10. The van der Waals surface area contributed by atoms with Crippen LogP contribution in [0.1, 0.15) is 5.56 Å². The molecule has 1 rings (SSSR count). The minimum atomic E-state index is 0.0896. The maximum absolute atomic E-state index is 9.56. The minimum absolute atomic E-state index is 0.0896. The molecule has 0 atom stereocenters. The first-order chi connectivity index (χ1) is 7.19. The smallest absolute Gasteiger partial charge is 0.122 e. The summed E-state index contributed by atoms with van der Waals surface area (Å²) in [6.07, 6.45) is 5.55. The first-order valence-electron chi connectivity index (χ1n) is 4.63. The SMILES string of the molecule is C=C/C=C(\C=C)Cc1c(O)cccc1O. The minimum Gasteiger partial charge on any atom is -0.508 e. The van der Waals surface area contributed by atoms with E-state index in [1.807, 2.05) is 0 Å². The van der Waals surface area contributed by atoms with Crippen molar-refractivity contribution in [2.24, 2.45) is 0 Å². The second kappa shape index (κ2) is 5.05. The second-order valence-electron chi connectivity index (χ2n) is 3.13. The van der Waals surface area contributed by atoms with E-state index < -0.39 is 0 Å². The Bertz CT molecular complexity index is 383. The van der Waals surface area contributed by atoms with Crippen molar-refractivity contribution in [1.29, 1.82) is 0 Å². The van der Waals surface area contributed by atoms with Crippen LogP contribution in [0.4, 0.5) is 0 Å². The Morgan fingerprint density at radius 3 is 2.27 bits per heavy atom. The van der Waals surface area contributed by atoms with Crippen LogP contribution in [0.5, 0.6) is 11.5 Å². The van der Waals surface area contributed by atoms with Gasteiger partial charge in [0, 0.05) is 12.0 Å². The zero-order valence-corrected chi connectivity index (χ0v) is 8.48. The maximum Gasteiger partial charge on any atom is 0.122 e. The van der Waals surface area contributed by atoms with E-state index in [-0.39, 0.29) is 11.5 Å². The molecule has 2 N–H and O–H groups in total. The summed E-state index contributed by atoms with van der Waals surface area (Å²) < 4.78 is 0. The fraction of sp³-hybridized carbons (Fsp3) is 0.0769. The van der Waals surface area contributed by atoms with Gasteiger partial charge >= 0.3 is 0 Å². The van der Waals surface area contributed by atoms with Crippen molar-refractivity contribution in [2.45, 2.75) is 6.42 Å². The first kappa shape index (κ1) is 11.1. The molecule has 0 bridgehead atoms. The maximum atomic E-state index is 9.56. The Kier molecular flexibility index (Phi) is 3.75. The fourth-order valence-electron chi connectivity index (χ4n) is 1.30. The number of rotatable bonds is 4. The molecule has 0 aliphatic heterocycles. The third kappa shape index (κ3) is 2.74. The lowest BCUT2D eigenvalue weighted by Gasteiger charge is -2.07. The topological polar surface area (TPSA) is 40.5 Å². The lowest BCUT2D eigenvalue weighted by Crippen LogP contribution is -1.89. The van der Waals surface area contributed by atoms with Crippen LogP contribution in [0.25, 0.3) is 0 Å². The van der Waals surface area contributed by atoms with Crippen molar-refractivity contribution in [3.05, 3.63) is 60.7 Å². The summed E-state index contributed by atoms with van der Waals surface area (Å²) in [5.74, 6) is 0.179. The Balaban J connectivity index is 3.02. The van der Waals surface area contributed by atoms with Gasteiger partial charge in [0.05, 0.1) is 0 Å². The second-order valence-corrected chi connectivity index (χ2v) is 3.13. The largest absolute Gasteiger partial charge is 0.508 e. The predicted octanol–water partition coefficient (Wildman–Crippen LogP) is 2.94. The molecule has 0 aliphatic carbocycles. The number of hydrogen-bond donors (Lipinski definition) is 2. The van der Waals surface area contributed by atoms with E-state index in [2.05, 4.69) is 13.2 Å². The summed E-state index contributed by atoms with van der Waals surface area (Å²) in [5, 5.41) is 19.1. The van der Waals surface area contributed by atoms with Gasteiger partial charge in [0.25, 0.3) is 0 Å². The first-order valence-corrected chi connectivity index (χ1v) is 4.63. The normalized spacial score (nSPS) is 11.1. The van der Waals surface area contributed by atoms with Gasteiger partial charge in [-0.3, -0.25) is 0 Å². The summed E-state index contributed by atoms with van der Waals surface area (Å²) in [6.45, 7) is 7.24. The molecule has 0 heterocycles. The van der Waals surface area contributed by atoms with E-state index in [1.54, 1.807) is 36.4 Å². The van der Waals surface area contributed by atoms with Gasteiger partial charge in [-0.1, -0.05) is 37.5 Å². The molecule has 0 amide bonds. The molecule has 1 aromatic carbocycles. The Morgan fingerprint density at radius 2 is 1.80 bits per heavy atom. The van der Waals surface area contributed by atoms with Gasteiger partial charge < -0.3 is 10.2 Å². The highest BCUT2D eigenvalue weighted by Crippen LogP contribution is 2.28. The van der Waals surface area contributed by atoms with Gasteiger partial charge in [-0.25, -0.2) is 0 Å². The highest BCUT2D eigenvalue weighted by atomic mass is 16.3. The van der Waals surface area contributed by atoms with Crippen molar-refractivity contribution in [2.75, 3.05) is 0 Å². The molecule has 0 radical (unpaired) electrons. The number of phenolic OH excluding ortho intramolecular Hbond substituents is 2. The predicted molar refractivity (Wildman–Crippen MR) is 62.0 cm³/mol. The van der Waals surface area contributed by atoms with E-state index in [9.17, 15) is 10.2 Å². The summed E-state index contributed by atoms with van der Waals surface area (Å²) in [6, 6.07) is 4.69. The van der Waals surface area contributed by atoms with E-state index in [0.29, 0.717) is 12.0 Å². The molecule has 0 unspecified atom stereocenters. The fourth-order valence-corrected chi connectivity index (χ4v) is 1.30. The van der Waals surface area contributed by atoms with Gasteiger partial charge in [-0.2, -0.15) is 0 Å². The van der Waals surface area contributed by atoms with E-state index in [1.165, 1.54) is 0 Å². The molecule has 0 aliphatic rings. The van der Waals surface area contributed by atoms with Crippen LogP contribution in [0.3, 0.4) is 0 Å². The number of aromatic hydroxyl groups is 2. The van der Waals surface area contributed by atoms with Gasteiger partial charge in [-0.15, -0.1) is 0 Å². The van der Waals surface area contributed by atoms with Crippen LogP contribution in [-0.4, -0.2) is 10.2 Å². The number of phenols is 2. The average Bonchev–Trinajstić information content (AvgIpc) is 2.22. The Labute approximate surface area is 89.5 Å². The molecule has 15 heavy (non-hydrogen) atoms. The van der Waals surface area contributed by atoms with Crippen LogP contribution < -0.4 is 0 Å². The van der Waals surface area contributed by atoms with Gasteiger partial charge in [-0.05, 0) is 17.7 Å². The van der Waals surface area contributed by atoms with Crippen molar-refractivity contribution in [1.82, 2.24) is 0 Å². The van der Waals surface area contributed by atoms with E-state index in [4.69, 9.17) is 0 Å². The van der Waals surface area contributed by atoms with Crippen LogP contribution >= 0.6 is 0 Å². The van der Waals surface area contributed by atoms with E-state index in [0.717, 1.165) is 5.57 Å². The zero-order chi connectivity index (χ0) is 11.3. The van der Waals surface area contributed by atoms with Gasteiger partial charge in [0.2, 0.25) is 0 Å². The van der Waals surface area contributed by atoms with Crippen molar-refractivity contribution in [3.8, 4) is 11.5 Å². The number of hydrogen-bond acceptors (Lipinski definition) is 2. The number of allylic oxidation sites excluding steroid dienone is 4. The standard InChI is InChI=1S/C13H14O2/c1-3-6-10(4-2)9-11-12(14)7-5-8-13(11)15/h3-8,14-15H,1-2,9H2/b10-6+. The monoisotopic (exact) mass is 202 g/mol. The number of benzene rings is 1. The summed E-state index contributed by atoms with van der Waals surface area (Å²) in [5.41, 5.74) is 1.40. The van der Waals surface area contributed by atoms with Gasteiger partial charge in [0.15, 0.2) is 0 Å². The van der Waals surface area contributed by atoms with Crippen molar-refractivity contribution in [3.63, 3.8) is 0 Å². The molecule has 0 spiro atoms. The Hall–Kier alpha value is -1.96. The molecule has 78 valence electrons. The molecular formula is C13H14O2. The molecular weight excluding hydrogens is 188 g/mol. The molecule has 0 aromatic heterocycles. The van der Waals surface area contributed by atoms with Crippen molar-refractivity contribution >= 4 is 0 Å². The van der Waals surface area contributed by atoms with Gasteiger partial charge in [0.1, 0.15) is 11.5 Å². The third-order valence-electron chi connectivity index (χ3n) is 2.10. The summed E-state index contributed by atoms with van der Waals surface area (Å²) in [7, 11) is 0. The molecule has 0 saturated carbocycles. The zero-order valence-electron chi connectivity index (χ0n) is 8.48. The molecule has 0 saturated heterocycles. The average molecular weight is 202 g/mol. The lowest BCUT2D eigenvalue weighted by atomic mass is 10.0. The van der Waals surface area contributed by atoms with Crippen LogP contribution in [0, 0.1) is 0 Å². The highest BCUT2D eigenvalue weighted by Gasteiger charge is 2.07. The summed E-state index contributed by atoms with van der Waals surface area (Å²) >= 11 is 0. The quantitative estimate of drug-likeness (QED) is 0.737. The van der Waals surface area contributed by atoms with Crippen LogP contribution in [0.15, 0.2) is 55.2 Å². The van der Waals surface area contributed by atoms with Crippen molar-refractivity contribution < 1.29 is 10.2 Å². The van der Waals surface area contributed by atoms with E-state index >= 15 is 0 Å². The molecule has 2 heteroatoms. The molecule has 2 nitrogen and oxygen atoms in total. The molecule has 1 aromatic rings. The lowest BCUT2D eigenvalue weighted by molar-refractivity contribution is 0.440. The Morgan fingerprint density at radius 1 is 1.20 bits per heavy atom. The van der Waals surface area contributed by atoms with Crippen LogP contribution in [0.2, 0.25) is 0 Å². The molecule has 0 fully saturated rings. The summed E-state index contributed by atoms with van der Waals surface area (Å²) in [4.78, 5) is 0. The highest BCUT2D eigenvalue weighted by molar-refractivity contribution is 5.46.